The summed E-state index contributed by atoms with van der Waals surface area (Å²) in [5.74, 6) is 2.67. The van der Waals surface area contributed by atoms with Crippen molar-refractivity contribution in [2.24, 2.45) is 10.3 Å². The van der Waals surface area contributed by atoms with Crippen molar-refractivity contribution in [2.45, 2.75) is 27.4 Å². The number of carbonyl (C=O) groups is 1. The van der Waals surface area contributed by atoms with E-state index in [-0.39, 0.29) is 0 Å². The molecule has 0 heterocycles. The highest BCUT2D eigenvalue weighted by atomic mass is 16.6. The van der Waals surface area contributed by atoms with Crippen LogP contribution in [0.1, 0.15) is 41.7 Å². The van der Waals surface area contributed by atoms with Gasteiger partial charge in [0.2, 0.25) is 0 Å². The quantitative estimate of drug-likeness (QED) is 0.307. The third kappa shape index (κ3) is 7.15. The van der Waals surface area contributed by atoms with Crippen molar-refractivity contribution in [1.29, 1.82) is 0 Å². The number of terminal acetylenes is 1. The molecule has 0 saturated heterocycles. The Balaban J connectivity index is 0.000000960. The summed E-state index contributed by atoms with van der Waals surface area (Å²) in [5, 5.41) is 8.25. The number of methoxy groups -OCH3 is 1. The molecule has 0 aliphatic carbocycles. The van der Waals surface area contributed by atoms with Gasteiger partial charge in [-0.2, -0.15) is 0 Å². The van der Waals surface area contributed by atoms with E-state index in [0.29, 0.717) is 13.1 Å². The minimum Gasteiger partial charge on any atom is -0.471 e. The van der Waals surface area contributed by atoms with Gasteiger partial charge >= 0.3 is 0 Å². The lowest BCUT2D eigenvalue weighted by atomic mass is 10.00. The second kappa shape index (κ2) is 12.7. The highest BCUT2D eigenvalue weighted by Crippen LogP contribution is 2.17. The Hall–Kier alpha value is -3.59. The Bertz CT molecular complexity index is 911. The number of ether oxygens (including phenoxy) is 1. The van der Waals surface area contributed by atoms with Crippen molar-refractivity contribution in [3.8, 4) is 12.3 Å². The molecule has 6 heteroatoms. The molecular weight excluding hydrogens is 368 g/mol. The van der Waals surface area contributed by atoms with E-state index in [9.17, 15) is 0 Å². The van der Waals surface area contributed by atoms with Gasteiger partial charge < -0.3 is 14.4 Å². The Morgan fingerprint density at radius 3 is 2.28 bits per heavy atom. The van der Waals surface area contributed by atoms with Crippen LogP contribution < -0.4 is 0 Å². The minimum absolute atomic E-state index is 0.341. The predicted octanol–water partition coefficient (Wildman–Crippen LogP) is 4.08. The molecule has 0 fully saturated rings. The molecule has 0 saturated carbocycles. The second-order valence-corrected chi connectivity index (χ2v) is 5.93. The van der Waals surface area contributed by atoms with Crippen LogP contribution in [0.25, 0.3) is 0 Å². The van der Waals surface area contributed by atoms with E-state index in [1.807, 2.05) is 63.2 Å². The predicted molar refractivity (Wildman–Crippen MR) is 115 cm³/mol. The number of carbonyl (C=O) groups excluding carboxylic acids is 1. The lowest BCUT2D eigenvalue weighted by molar-refractivity contribution is -0.126. The van der Waals surface area contributed by atoms with Crippen molar-refractivity contribution in [3.63, 3.8) is 0 Å². The average Bonchev–Trinajstić information content (AvgIpc) is 2.74. The Morgan fingerprint density at radius 2 is 1.66 bits per heavy atom. The summed E-state index contributed by atoms with van der Waals surface area (Å²) >= 11 is 0. The maximum atomic E-state index is 8.95. The lowest BCUT2D eigenvalue weighted by Gasteiger charge is -2.11. The summed E-state index contributed by atoms with van der Waals surface area (Å²) in [6.07, 6.45) is 5.54. The van der Waals surface area contributed by atoms with Gasteiger partial charge in [-0.3, -0.25) is 4.79 Å². The molecular formula is C23H26N2O4. The van der Waals surface area contributed by atoms with E-state index < -0.39 is 0 Å². The fourth-order valence-corrected chi connectivity index (χ4v) is 2.59. The molecule has 2 rings (SSSR count). The molecule has 0 aliphatic heterocycles. The van der Waals surface area contributed by atoms with Crippen LogP contribution in [0.5, 0.6) is 0 Å². The van der Waals surface area contributed by atoms with Crippen LogP contribution in [0.15, 0.2) is 52.8 Å². The van der Waals surface area contributed by atoms with E-state index in [0.717, 1.165) is 39.2 Å². The summed E-state index contributed by atoms with van der Waals surface area (Å²) in [7, 11) is 2.85. The van der Waals surface area contributed by atoms with Crippen molar-refractivity contribution < 1.29 is 19.2 Å². The first kappa shape index (κ1) is 23.4. The fraction of sp³-hybridized carbons (Fsp3) is 0.261. The minimum atomic E-state index is 0.341. The molecule has 0 radical (unpaired) electrons. The maximum Gasteiger partial charge on any atom is 0.292 e. The lowest BCUT2D eigenvalue weighted by Crippen LogP contribution is -2.05. The van der Waals surface area contributed by atoms with Gasteiger partial charge in [0.15, 0.2) is 0 Å². The Labute approximate surface area is 172 Å². The third-order valence-corrected chi connectivity index (χ3v) is 4.01. The molecule has 0 N–H and O–H groups in total. The smallest absolute Gasteiger partial charge is 0.292 e. The summed E-state index contributed by atoms with van der Waals surface area (Å²) in [5.41, 5.74) is 6.36. The van der Waals surface area contributed by atoms with Crippen LogP contribution in [0.3, 0.4) is 0 Å². The van der Waals surface area contributed by atoms with Crippen molar-refractivity contribution in [2.75, 3.05) is 14.2 Å². The standard InChI is InChI=1S/C21H22N2O2.C2H4O2/c1-6-18-11-7-8-12-19(18)16(3)23-25-14-21-15(2)10-9-13-20(21)17(4)22-24-5;1-4-2-3/h1,7-13H,14H2,2-5H3;2H,1H3/b22-17-,23-16+;. The van der Waals surface area contributed by atoms with Crippen molar-refractivity contribution in [1.82, 2.24) is 0 Å². The zero-order chi connectivity index (χ0) is 21.6. The maximum absolute atomic E-state index is 8.95. The molecule has 0 atom stereocenters. The molecule has 0 spiro atoms. The van der Waals surface area contributed by atoms with Gasteiger partial charge in [0, 0.05) is 22.3 Å². The van der Waals surface area contributed by atoms with Gasteiger partial charge in [-0.05, 0) is 32.4 Å². The van der Waals surface area contributed by atoms with E-state index in [1.54, 1.807) is 0 Å². The van der Waals surface area contributed by atoms with Crippen molar-refractivity contribution in [3.05, 3.63) is 70.3 Å². The van der Waals surface area contributed by atoms with Gasteiger partial charge in [-0.25, -0.2) is 0 Å². The summed E-state index contributed by atoms with van der Waals surface area (Å²) < 4.78 is 3.86. The molecule has 2 aromatic carbocycles. The van der Waals surface area contributed by atoms with Crippen LogP contribution in [0, 0.1) is 19.3 Å². The van der Waals surface area contributed by atoms with E-state index in [4.69, 9.17) is 20.9 Å². The molecule has 152 valence electrons. The molecule has 6 nitrogen and oxygen atoms in total. The van der Waals surface area contributed by atoms with Gasteiger partial charge in [-0.1, -0.05) is 52.6 Å². The zero-order valence-electron chi connectivity index (χ0n) is 17.4. The van der Waals surface area contributed by atoms with Gasteiger partial charge in [0.1, 0.15) is 13.7 Å². The second-order valence-electron chi connectivity index (χ2n) is 5.93. The highest BCUT2D eigenvalue weighted by Gasteiger charge is 2.10. The largest absolute Gasteiger partial charge is 0.471 e. The van der Waals surface area contributed by atoms with Crippen LogP contribution >= 0.6 is 0 Å². The van der Waals surface area contributed by atoms with Gasteiger partial charge in [0.05, 0.1) is 18.5 Å². The third-order valence-electron chi connectivity index (χ3n) is 4.01. The van der Waals surface area contributed by atoms with E-state index in [2.05, 4.69) is 21.0 Å². The molecule has 0 amide bonds. The van der Waals surface area contributed by atoms with Crippen LogP contribution in [0.2, 0.25) is 0 Å². The Kier molecular flexibility index (Phi) is 10.3. The zero-order valence-corrected chi connectivity index (χ0v) is 17.4. The SMILES string of the molecule is C#Cc1ccccc1/C(C)=N/OCc1c(C)cccc1/C(C)=N\OC.COC=O. The number of nitrogens with zero attached hydrogens (tertiary/aromatic N) is 2. The average molecular weight is 394 g/mol. The first-order valence-electron chi connectivity index (χ1n) is 8.85. The van der Waals surface area contributed by atoms with E-state index >= 15 is 0 Å². The normalized spacial score (nSPS) is 10.9. The topological polar surface area (TPSA) is 69.5 Å². The number of benzene rings is 2. The molecule has 2 aromatic rings. The molecule has 0 unspecified atom stereocenters. The van der Waals surface area contributed by atoms with Crippen LogP contribution in [-0.4, -0.2) is 32.1 Å². The van der Waals surface area contributed by atoms with Crippen LogP contribution in [0.4, 0.5) is 0 Å². The summed E-state index contributed by atoms with van der Waals surface area (Å²) in [6, 6.07) is 13.7. The summed E-state index contributed by atoms with van der Waals surface area (Å²) in [6.45, 7) is 6.53. The van der Waals surface area contributed by atoms with Crippen molar-refractivity contribution >= 4 is 17.9 Å². The van der Waals surface area contributed by atoms with E-state index in [1.165, 1.54) is 14.2 Å². The monoisotopic (exact) mass is 394 g/mol. The molecule has 0 aliphatic rings. The molecule has 0 aromatic heterocycles. The Morgan fingerprint density at radius 1 is 1.03 bits per heavy atom. The van der Waals surface area contributed by atoms with Gasteiger partial charge in [-0.15, -0.1) is 6.42 Å². The van der Waals surface area contributed by atoms with Crippen LogP contribution in [-0.2, 0) is 25.8 Å². The number of rotatable bonds is 7. The van der Waals surface area contributed by atoms with Gasteiger partial charge in [0.25, 0.3) is 6.47 Å². The number of hydrogen-bond acceptors (Lipinski definition) is 6. The fourth-order valence-electron chi connectivity index (χ4n) is 2.59. The number of aryl methyl sites for hydroxylation is 1. The summed E-state index contributed by atoms with van der Waals surface area (Å²) in [4.78, 5) is 19.4. The highest BCUT2D eigenvalue weighted by molar-refractivity contribution is 6.01. The number of hydrogen-bond donors (Lipinski definition) is 0. The molecule has 0 bridgehead atoms. The number of oxime groups is 2. The first-order valence-corrected chi connectivity index (χ1v) is 8.85. The first-order chi connectivity index (χ1) is 14.0. The molecule has 29 heavy (non-hydrogen) atoms.